The van der Waals surface area contributed by atoms with Gasteiger partial charge in [0.1, 0.15) is 0 Å². The van der Waals surface area contributed by atoms with Crippen molar-refractivity contribution in [1.29, 1.82) is 0 Å². The lowest BCUT2D eigenvalue weighted by molar-refractivity contribution is -0.143. The van der Waals surface area contributed by atoms with Crippen LogP contribution >= 0.6 is 27.5 Å². The number of nitrogens with zero attached hydrogens (tertiary/aromatic N) is 1. The van der Waals surface area contributed by atoms with Gasteiger partial charge in [-0.1, -0.05) is 27.5 Å². The average Bonchev–Trinajstić information content (AvgIpc) is 2.42. The molecule has 1 fully saturated rings. The van der Waals surface area contributed by atoms with Crippen LogP contribution in [0, 0.1) is 5.92 Å². The van der Waals surface area contributed by atoms with Crippen molar-refractivity contribution < 1.29 is 14.7 Å². The van der Waals surface area contributed by atoms with Gasteiger partial charge in [0.2, 0.25) is 5.91 Å². The predicted molar refractivity (Wildman–Crippen MR) is 84.6 cm³/mol. The molecule has 0 aliphatic carbocycles. The molecule has 1 amide bonds. The number of hydrogen-bond acceptors (Lipinski definition) is 3. The summed E-state index contributed by atoms with van der Waals surface area (Å²) >= 11 is 9.35. The predicted octanol–water partition coefficient (Wildman–Crippen LogP) is 2.84. The molecule has 114 valence electrons. The second-order valence-corrected chi connectivity index (χ2v) is 6.38. The van der Waals surface area contributed by atoms with Gasteiger partial charge >= 0.3 is 5.97 Å². The molecule has 7 heteroatoms. The van der Waals surface area contributed by atoms with Crippen LogP contribution < -0.4 is 5.32 Å². The fraction of sp³-hybridized carbons (Fsp3) is 0.429. The van der Waals surface area contributed by atoms with E-state index in [0.717, 1.165) is 4.47 Å². The minimum Gasteiger partial charge on any atom is -0.481 e. The topological polar surface area (TPSA) is 69.6 Å². The summed E-state index contributed by atoms with van der Waals surface area (Å²) in [5.41, 5.74) is 0.574. The van der Waals surface area contributed by atoms with Crippen LogP contribution in [0.1, 0.15) is 12.8 Å². The van der Waals surface area contributed by atoms with Crippen LogP contribution in [0.2, 0.25) is 5.02 Å². The molecule has 1 aliphatic heterocycles. The Kier molecular flexibility index (Phi) is 5.61. The van der Waals surface area contributed by atoms with Crippen LogP contribution in [0.25, 0.3) is 0 Å². The molecule has 1 aliphatic rings. The largest absolute Gasteiger partial charge is 0.481 e. The summed E-state index contributed by atoms with van der Waals surface area (Å²) < 4.78 is 0.848. The number of amides is 1. The highest BCUT2D eigenvalue weighted by molar-refractivity contribution is 9.10. The van der Waals surface area contributed by atoms with Gasteiger partial charge in [-0.3, -0.25) is 14.5 Å². The van der Waals surface area contributed by atoms with Crippen LogP contribution in [-0.2, 0) is 9.59 Å². The monoisotopic (exact) mass is 374 g/mol. The number of likely N-dealkylation sites (tertiary alicyclic amines) is 1. The summed E-state index contributed by atoms with van der Waals surface area (Å²) in [6.45, 7) is 1.50. The number of carboxylic acids is 1. The van der Waals surface area contributed by atoms with E-state index in [2.05, 4.69) is 21.2 Å². The second-order valence-electron chi connectivity index (χ2n) is 5.06. The molecule has 0 spiro atoms. The van der Waals surface area contributed by atoms with Crippen molar-refractivity contribution in [3.63, 3.8) is 0 Å². The molecule has 0 saturated carbocycles. The van der Waals surface area contributed by atoms with Gasteiger partial charge in [-0.05, 0) is 44.1 Å². The first-order chi connectivity index (χ1) is 9.95. The number of anilines is 1. The Labute approximate surface area is 136 Å². The smallest absolute Gasteiger partial charge is 0.306 e. The summed E-state index contributed by atoms with van der Waals surface area (Å²) in [5.74, 6) is -1.18. The standard InChI is InChI=1S/C14H16BrClN2O3/c15-10-1-2-12(11(16)7-10)17-13(19)8-18-5-3-9(4-6-18)14(20)21/h1-2,7,9H,3-6,8H2,(H,17,19)(H,20,21). The Morgan fingerprint density at radius 2 is 2.05 bits per heavy atom. The average molecular weight is 376 g/mol. The second kappa shape index (κ2) is 7.24. The molecule has 0 atom stereocenters. The number of rotatable bonds is 4. The summed E-state index contributed by atoms with van der Waals surface area (Å²) in [6.07, 6.45) is 1.17. The zero-order chi connectivity index (χ0) is 15.4. The SMILES string of the molecule is O=C(CN1CCC(C(=O)O)CC1)Nc1ccc(Br)cc1Cl. The van der Waals surface area contributed by atoms with Gasteiger partial charge in [-0.15, -0.1) is 0 Å². The number of halogens is 2. The van der Waals surface area contributed by atoms with Crippen molar-refractivity contribution in [2.24, 2.45) is 5.92 Å². The molecular formula is C14H16BrClN2O3. The first kappa shape index (κ1) is 16.3. The third kappa shape index (κ3) is 4.69. The van der Waals surface area contributed by atoms with E-state index in [4.69, 9.17) is 16.7 Å². The van der Waals surface area contributed by atoms with Crippen LogP contribution in [-0.4, -0.2) is 41.5 Å². The van der Waals surface area contributed by atoms with Gasteiger partial charge in [0.15, 0.2) is 0 Å². The van der Waals surface area contributed by atoms with Crippen molar-refractivity contribution in [2.45, 2.75) is 12.8 Å². The molecule has 2 rings (SSSR count). The Morgan fingerprint density at radius 3 is 2.62 bits per heavy atom. The lowest BCUT2D eigenvalue weighted by atomic mass is 9.97. The fourth-order valence-corrected chi connectivity index (χ4v) is 3.04. The van der Waals surface area contributed by atoms with E-state index in [1.165, 1.54) is 0 Å². The summed E-state index contributed by atoms with van der Waals surface area (Å²) in [5, 5.41) is 12.2. The van der Waals surface area contributed by atoms with E-state index in [9.17, 15) is 9.59 Å². The number of hydrogen-bond donors (Lipinski definition) is 2. The third-order valence-corrected chi connectivity index (χ3v) is 4.32. The van der Waals surface area contributed by atoms with Crippen molar-refractivity contribution in [3.05, 3.63) is 27.7 Å². The molecule has 5 nitrogen and oxygen atoms in total. The molecule has 1 aromatic carbocycles. The zero-order valence-corrected chi connectivity index (χ0v) is 13.7. The quantitative estimate of drug-likeness (QED) is 0.849. The maximum Gasteiger partial charge on any atom is 0.306 e. The molecule has 21 heavy (non-hydrogen) atoms. The van der Waals surface area contributed by atoms with Gasteiger partial charge in [0.05, 0.1) is 23.2 Å². The summed E-state index contributed by atoms with van der Waals surface area (Å²) in [7, 11) is 0. The number of carbonyl (C=O) groups is 2. The van der Waals surface area contributed by atoms with Gasteiger partial charge in [-0.2, -0.15) is 0 Å². The van der Waals surface area contributed by atoms with E-state index in [1.807, 2.05) is 4.90 Å². The first-order valence-corrected chi connectivity index (χ1v) is 7.83. The van der Waals surface area contributed by atoms with Crippen LogP contribution in [0.5, 0.6) is 0 Å². The lowest BCUT2D eigenvalue weighted by Gasteiger charge is -2.29. The molecule has 0 bridgehead atoms. The van der Waals surface area contributed by atoms with E-state index >= 15 is 0 Å². The number of aliphatic carboxylic acids is 1. The Morgan fingerprint density at radius 1 is 1.38 bits per heavy atom. The van der Waals surface area contributed by atoms with Gasteiger partial charge in [-0.25, -0.2) is 0 Å². The molecule has 1 saturated heterocycles. The molecule has 0 unspecified atom stereocenters. The van der Waals surface area contributed by atoms with E-state index in [0.29, 0.717) is 36.6 Å². The zero-order valence-electron chi connectivity index (χ0n) is 11.3. The lowest BCUT2D eigenvalue weighted by Crippen LogP contribution is -2.40. The number of piperidine rings is 1. The Balaban J connectivity index is 1.84. The molecule has 0 aromatic heterocycles. The number of carboxylic acid groups (broad SMARTS) is 1. The molecular weight excluding hydrogens is 360 g/mol. The van der Waals surface area contributed by atoms with E-state index < -0.39 is 5.97 Å². The normalized spacial score (nSPS) is 16.7. The minimum absolute atomic E-state index is 0.145. The van der Waals surface area contributed by atoms with Gasteiger partial charge in [0.25, 0.3) is 0 Å². The molecule has 1 heterocycles. The first-order valence-electron chi connectivity index (χ1n) is 6.66. The number of benzene rings is 1. The minimum atomic E-state index is -0.749. The third-order valence-electron chi connectivity index (χ3n) is 3.51. The molecule has 2 N–H and O–H groups in total. The van der Waals surface area contributed by atoms with E-state index in [1.54, 1.807) is 18.2 Å². The van der Waals surface area contributed by atoms with Gasteiger partial charge in [0, 0.05) is 4.47 Å². The van der Waals surface area contributed by atoms with Crippen molar-refractivity contribution >= 4 is 45.1 Å². The maximum atomic E-state index is 12.0. The summed E-state index contributed by atoms with van der Waals surface area (Å²) in [6, 6.07) is 5.26. The fourth-order valence-electron chi connectivity index (χ4n) is 2.32. The molecule has 0 radical (unpaired) electrons. The van der Waals surface area contributed by atoms with Crippen LogP contribution in [0.4, 0.5) is 5.69 Å². The van der Waals surface area contributed by atoms with Crippen molar-refractivity contribution in [1.82, 2.24) is 4.90 Å². The van der Waals surface area contributed by atoms with Crippen LogP contribution in [0.15, 0.2) is 22.7 Å². The highest BCUT2D eigenvalue weighted by Gasteiger charge is 2.25. The summed E-state index contributed by atoms with van der Waals surface area (Å²) in [4.78, 5) is 24.8. The highest BCUT2D eigenvalue weighted by Crippen LogP contribution is 2.25. The Bertz CT molecular complexity index is 545. The van der Waals surface area contributed by atoms with Crippen molar-refractivity contribution in [2.75, 3.05) is 25.0 Å². The highest BCUT2D eigenvalue weighted by atomic mass is 79.9. The Hall–Kier alpha value is -1.11. The number of carbonyl (C=O) groups excluding carboxylic acids is 1. The van der Waals surface area contributed by atoms with Gasteiger partial charge < -0.3 is 10.4 Å². The molecule has 1 aromatic rings. The van der Waals surface area contributed by atoms with Crippen molar-refractivity contribution in [3.8, 4) is 0 Å². The maximum absolute atomic E-state index is 12.0. The van der Waals surface area contributed by atoms with Crippen LogP contribution in [0.3, 0.4) is 0 Å². The van der Waals surface area contributed by atoms with E-state index in [-0.39, 0.29) is 18.4 Å². The number of nitrogens with one attached hydrogen (secondary N) is 1.